The van der Waals surface area contributed by atoms with Crippen LogP contribution < -0.4 is 16.4 Å². The third-order valence-corrected chi connectivity index (χ3v) is 3.21. The van der Waals surface area contributed by atoms with Crippen LogP contribution in [-0.2, 0) is 6.54 Å². The molecular weight excluding hydrogens is 264 g/mol. The van der Waals surface area contributed by atoms with Crippen LogP contribution in [0.15, 0.2) is 42.6 Å². The van der Waals surface area contributed by atoms with Crippen molar-refractivity contribution >= 4 is 28.4 Å². The van der Waals surface area contributed by atoms with E-state index < -0.39 is 0 Å². The first-order valence-electron chi connectivity index (χ1n) is 6.57. The third kappa shape index (κ3) is 2.69. The number of fused-ring (bicyclic) bond motifs is 1. The van der Waals surface area contributed by atoms with E-state index in [1.807, 2.05) is 37.4 Å². The van der Waals surface area contributed by atoms with Gasteiger partial charge >= 0.3 is 0 Å². The number of rotatable bonds is 3. The second-order valence-electron chi connectivity index (χ2n) is 4.86. The number of benzene rings is 1. The summed E-state index contributed by atoms with van der Waals surface area (Å²) in [7, 11) is 2.01. The molecule has 106 valence electrons. The van der Waals surface area contributed by atoms with Crippen LogP contribution in [0.1, 0.15) is 5.69 Å². The molecule has 21 heavy (non-hydrogen) atoms. The molecule has 0 radical (unpaired) electrons. The third-order valence-electron chi connectivity index (χ3n) is 3.21. The summed E-state index contributed by atoms with van der Waals surface area (Å²) in [5.41, 5.74) is 15.1. The molecule has 1 aromatic carbocycles. The van der Waals surface area contributed by atoms with E-state index in [4.69, 9.17) is 11.5 Å². The molecule has 0 aliphatic carbocycles. The normalized spacial score (nSPS) is 10.7. The van der Waals surface area contributed by atoms with Crippen LogP contribution in [-0.4, -0.2) is 22.0 Å². The molecule has 0 saturated carbocycles. The van der Waals surface area contributed by atoms with Gasteiger partial charge in [0.1, 0.15) is 11.3 Å². The Labute approximate surface area is 122 Å². The zero-order valence-corrected chi connectivity index (χ0v) is 11.7. The van der Waals surface area contributed by atoms with Crippen LogP contribution in [0.3, 0.4) is 0 Å². The molecule has 2 aromatic heterocycles. The van der Waals surface area contributed by atoms with Crippen LogP contribution in [0, 0.1) is 0 Å². The zero-order valence-electron chi connectivity index (χ0n) is 11.7. The summed E-state index contributed by atoms with van der Waals surface area (Å²) in [6, 6.07) is 11.7. The highest BCUT2D eigenvalue weighted by Gasteiger charge is 2.08. The van der Waals surface area contributed by atoms with Crippen molar-refractivity contribution in [3.05, 3.63) is 48.3 Å². The van der Waals surface area contributed by atoms with Crippen LogP contribution in [0.2, 0.25) is 0 Å². The van der Waals surface area contributed by atoms with E-state index in [0.717, 1.165) is 11.4 Å². The molecule has 0 saturated heterocycles. The van der Waals surface area contributed by atoms with E-state index in [2.05, 4.69) is 19.9 Å². The van der Waals surface area contributed by atoms with Crippen molar-refractivity contribution in [3.8, 4) is 0 Å². The molecule has 2 heterocycles. The summed E-state index contributed by atoms with van der Waals surface area (Å²) >= 11 is 0. The minimum absolute atomic E-state index is 0.350. The first kappa shape index (κ1) is 13.1. The number of hydrogen-bond acceptors (Lipinski definition) is 6. The van der Waals surface area contributed by atoms with Crippen molar-refractivity contribution in [1.29, 1.82) is 0 Å². The van der Waals surface area contributed by atoms with Gasteiger partial charge in [-0.05, 0) is 12.1 Å². The Morgan fingerprint density at radius 2 is 1.86 bits per heavy atom. The van der Waals surface area contributed by atoms with Crippen LogP contribution >= 0.6 is 0 Å². The minimum Gasteiger partial charge on any atom is -0.397 e. The van der Waals surface area contributed by atoms with Crippen molar-refractivity contribution in [2.24, 2.45) is 0 Å². The summed E-state index contributed by atoms with van der Waals surface area (Å²) in [5.74, 6) is 0.350. The second-order valence-corrected chi connectivity index (χ2v) is 4.86. The molecule has 0 aliphatic heterocycles. The number of nitrogen functional groups attached to an aromatic ring is 2. The van der Waals surface area contributed by atoms with Gasteiger partial charge in [-0.25, -0.2) is 15.0 Å². The van der Waals surface area contributed by atoms with Crippen LogP contribution in [0.4, 0.5) is 17.2 Å². The molecule has 0 amide bonds. The number of pyridine rings is 1. The SMILES string of the molecule is CN(Cc1cnc2nc(N)cc(N)c2n1)c1ccccc1. The average molecular weight is 280 g/mol. The lowest BCUT2D eigenvalue weighted by Crippen LogP contribution is -2.17. The predicted octanol–water partition coefficient (Wildman–Crippen LogP) is 1.83. The van der Waals surface area contributed by atoms with Gasteiger partial charge in [0.15, 0.2) is 5.65 Å². The van der Waals surface area contributed by atoms with Crippen LogP contribution in [0.25, 0.3) is 11.2 Å². The van der Waals surface area contributed by atoms with E-state index >= 15 is 0 Å². The number of hydrogen-bond donors (Lipinski definition) is 2. The van der Waals surface area contributed by atoms with Gasteiger partial charge in [-0.2, -0.15) is 0 Å². The summed E-state index contributed by atoms with van der Waals surface area (Å²) in [4.78, 5) is 15.0. The van der Waals surface area contributed by atoms with Gasteiger partial charge in [-0.1, -0.05) is 18.2 Å². The standard InChI is InChI=1S/C15H16N6/c1-21(11-5-3-2-4-6-11)9-10-8-18-15-14(19-10)12(16)7-13(17)20-15/h2-8H,9H2,1H3,(H4,16,17,18,20). The number of para-hydroxylation sites is 1. The highest BCUT2D eigenvalue weighted by Crippen LogP contribution is 2.19. The predicted molar refractivity (Wildman–Crippen MR) is 84.7 cm³/mol. The zero-order chi connectivity index (χ0) is 14.8. The minimum atomic E-state index is 0.350. The number of aromatic nitrogens is 3. The fourth-order valence-electron chi connectivity index (χ4n) is 2.17. The molecule has 0 unspecified atom stereocenters. The van der Waals surface area contributed by atoms with Gasteiger partial charge in [0.05, 0.1) is 24.1 Å². The van der Waals surface area contributed by atoms with Crippen molar-refractivity contribution < 1.29 is 0 Å². The lowest BCUT2D eigenvalue weighted by molar-refractivity contribution is 0.883. The lowest BCUT2D eigenvalue weighted by Gasteiger charge is -2.18. The van der Waals surface area contributed by atoms with E-state index in [-0.39, 0.29) is 0 Å². The molecule has 0 fully saturated rings. The maximum atomic E-state index is 5.93. The van der Waals surface area contributed by atoms with E-state index in [0.29, 0.717) is 29.2 Å². The molecular formula is C15H16N6. The van der Waals surface area contributed by atoms with Gasteiger partial charge in [-0.3, -0.25) is 0 Å². The molecule has 4 N–H and O–H groups in total. The first-order chi connectivity index (χ1) is 10.1. The van der Waals surface area contributed by atoms with Gasteiger partial charge in [0, 0.05) is 18.8 Å². The highest BCUT2D eigenvalue weighted by atomic mass is 15.1. The Kier molecular flexibility index (Phi) is 3.27. The van der Waals surface area contributed by atoms with Crippen molar-refractivity contribution in [2.45, 2.75) is 6.54 Å². The maximum Gasteiger partial charge on any atom is 0.182 e. The Morgan fingerprint density at radius 1 is 1.10 bits per heavy atom. The smallest absolute Gasteiger partial charge is 0.182 e. The second kappa shape index (κ2) is 5.24. The molecule has 0 aliphatic rings. The van der Waals surface area contributed by atoms with Crippen molar-refractivity contribution in [3.63, 3.8) is 0 Å². The molecule has 0 atom stereocenters. The van der Waals surface area contributed by atoms with Crippen LogP contribution in [0.5, 0.6) is 0 Å². The summed E-state index contributed by atoms with van der Waals surface area (Å²) in [5, 5.41) is 0. The lowest BCUT2D eigenvalue weighted by atomic mass is 10.3. The summed E-state index contributed by atoms with van der Waals surface area (Å²) in [6.07, 6.45) is 1.70. The van der Waals surface area contributed by atoms with Gasteiger partial charge in [0.2, 0.25) is 0 Å². The van der Waals surface area contributed by atoms with E-state index in [1.165, 1.54) is 0 Å². The molecule has 3 rings (SSSR count). The van der Waals surface area contributed by atoms with Gasteiger partial charge < -0.3 is 16.4 Å². The number of nitrogens with two attached hydrogens (primary N) is 2. The highest BCUT2D eigenvalue weighted by molar-refractivity contribution is 5.85. The first-order valence-corrected chi connectivity index (χ1v) is 6.57. The fourth-order valence-corrected chi connectivity index (χ4v) is 2.17. The van der Waals surface area contributed by atoms with E-state index in [1.54, 1.807) is 12.3 Å². The maximum absolute atomic E-state index is 5.93. The Morgan fingerprint density at radius 3 is 2.62 bits per heavy atom. The number of anilines is 3. The molecule has 0 spiro atoms. The quantitative estimate of drug-likeness (QED) is 0.760. The monoisotopic (exact) mass is 280 g/mol. The van der Waals surface area contributed by atoms with Gasteiger partial charge in [0.25, 0.3) is 0 Å². The average Bonchev–Trinajstić information content (AvgIpc) is 2.48. The largest absolute Gasteiger partial charge is 0.397 e. The number of nitrogens with zero attached hydrogens (tertiary/aromatic N) is 4. The molecule has 6 nitrogen and oxygen atoms in total. The van der Waals surface area contributed by atoms with Crippen molar-refractivity contribution in [2.75, 3.05) is 23.4 Å². The van der Waals surface area contributed by atoms with E-state index in [9.17, 15) is 0 Å². The summed E-state index contributed by atoms with van der Waals surface area (Å²) in [6.45, 7) is 0.636. The van der Waals surface area contributed by atoms with Crippen molar-refractivity contribution in [1.82, 2.24) is 15.0 Å². The van der Waals surface area contributed by atoms with Gasteiger partial charge in [-0.15, -0.1) is 0 Å². The summed E-state index contributed by atoms with van der Waals surface area (Å²) < 4.78 is 0. The fraction of sp³-hybridized carbons (Fsp3) is 0.133. The Bertz CT molecular complexity index is 772. The molecule has 6 heteroatoms. The topological polar surface area (TPSA) is 94.0 Å². The Hall–Kier alpha value is -2.89. The Balaban J connectivity index is 1.91. The molecule has 3 aromatic rings. The molecule has 0 bridgehead atoms.